The molecule has 7 heteroatoms. The zero-order valence-corrected chi connectivity index (χ0v) is 11.1. The molecule has 0 unspecified atom stereocenters. The van der Waals surface area contributed by atoms with Crippen LogP contribution in [0.1, 0.15) is 4.88 Å². The summed E-state index contributed by atoms with van der Waals surface area (Å²) in [7, 11) is 1.77. The number of hydrogen-bond donors (Lipinski definition) is 0. The second-order valence-corrected chi connectivity index (χ2v) is 5.46. The van der Waals surface area contributed by atoms with Gasteiger partial charge in [0.15, 0.2) is 0 Å². The van der Waals surface area contributed by atoms with E-state index < -0.39 is 4.92 Å². The van der Waals surface area contributed by atoms with Crippen molar-refractivity contribution in [3.05, 3.63) is 49.8 Å². The molecule has 0 aromatic carbocycles. The third-order valence-corrected chi connectivity index (χ3v) is 3.56. The number of aromatic nitrogens is 1. The van der Waals surface area contributed by atoms with Crippen molar-refractivity contribution in [3.8, 4) is 0 Å². The monoisotopic (exact) mass is 283 g/mol. The lowest BCUT2D eigenvalue weighted by Gasteiger charge is -2.16. The van der Waals surface area contributed by atoms with Crippen molar-refractivity contribution in [2.24, 2.45) is 0 Å². The lowest BCUT2D eigenvalue weighted by atomic mass is 10.3. The first kappa shape index (κ1) is 12.8. The Bertz CT molecular complexity index is 573. The molecule has 2 aromatic heterocycles. The Kier molecular flexibility index (Phi) is 3.78. The first-order chi connectivity index (χ1) is 8.58. The summed E-state index contributed by atoms with van der Waals surface area (Å²) >= 11 is 7.30. The Hall–Kier alpha value is -1.66. The Morgan fingerprint density at radius 1 is 1.50 bits per heavy atom. The third kappa shape index (κ3) is 2.77. The molecule has 0 fully saturated rings. The lowest BCUT2D eigenvalue weighted by Crippen LogP contribution is -2.18. The number of nitro groups is 1. The lowest BCUT2D eigenvalue weighted by molar-refractivity contribution is -0.384. The van der Waals surface area contributed by atoms with Gasteiger partial charge in [0.1, 0.15) is 0 Å². The van der Waals surface area contributed by atoms with E-state index >= 15 is 0 Å². The zero-order chi connectivity index (χ0) is 13.1. The van der Waals surface area contributed by atoms with E-state index in [1.165, 1.54) is 17.4 Å². The summed E-state index contributed by atoms with van der Waals surface area (Å²) in [5.74, 6) is 0.354. The van der Waals surface area contributed by atoms with Crippen molar-refractivity contribution in [2.75, 3.05) is 11.9 Å². The van der Waals surface area contributed by atoms with Gasteiger partial charge in [-0.25, -0.2) is 4.98 Å². The molecule has 0 saturated heterocycles. The number of rotatable bonds is 4. The quantitative estimate of drug-likeness (QED) is 0.638. The van der Waals surface area contributed by atoms with Crippen molar-refractivity contribution in [3.63, 3.8) is 0 Å². The first-order valence-electron chi connectivity index (χ1n) is 5.12. The number of anilines is 1. The molecule has 0 spiro atoms. The smallest absolute Gasteiger partial charge is 0.311 e. The van der Waals surface area contributed by atoms with Gasteiger partial charge in [-0.3, -0.25) is 10.1 Å². The summed E-state index contributed by atoms with van der Waals surface area (Å²) in [6.45, 7) is 0.537. The molecule has 0 atom stereocenters. The van der Waals surface area contributed by atoms with Crippen LogP contribution in [0.3, 0.4) is 0 Å². The molecule has 2 aromatic rings. The molecule has 0 aliphatic carbocycles. The van der Waals surface area contributed by atoms with Gasteiger partial charge in [-0.05, 0) is 18.2 Å². The van der Waals surface area contributed by atoms with Crippen molar-refractivity contribution >= 4 is 34.4 Å². The fraction of sp³-hybridized carbons (Fsp3) is 0.182. The van der Waals surface area contributed by atoms with E-state index in [0.29, 0.717) is 16.7 Å². The molecule has 0 aliphatic heterocycles. The maximum Gasteiger partial charge on any atom is 0.311 e. The number of nitrogens with zero attached hydrogens (tertiary/aromatic N) is 3. The van der Waals surface area contributed by atoms with Crippen LogP contribution in [0.4, 0.5) is 11.5 Å². The molecule has 2 heterocycles. The van der Waals surface area contributed by atoms with Gasteiger partial charge in [0, 0.05) is 24.2 Å². The molecule has 0 N–H and O–H groups in total. The maximum absolute atomic E-state index is 10.9. The highest BCUT2D eigenvalue weighted by Gasteiger charge is 2.18. The molecule has 0 radical (unpaired) electrons. The van der Waals surface area contributed by atoms with Gasteiger partial charge in [0.25, 0.3) is 0 Å². The van der Waals surface area contributed by atoms with Gasteiger partial charge in [-0.1, -0.05) is 11.6 Å². The van der Waals surface area contributed by atoms with Crippen LogP contribution in [-0.2, 0) is 6.54 Å². The van der Waals surface area contributed by atoms with Crippen LogP contribution < -0.4 is 4.90 Å². The standard InChI is InChI=1S/C11H10ClN3O2S/c1-14(7-8-4-5-10(12)18-8)11-9(15(16)17)3-2-6-13-11/h2-6H,7H2,1H3. The summed E-state index contributed by atoms with van der Waals surface area (Å²) in [6.07, 6.45) is 1.54. The Balaban J connectivity index is 2.23. The molecule has 18 heavy (non-hydrogen) atoms. The van der Waals surface area contributed by atoms with E-state index in [1.807, 2.05) is 12.1 Å². The summed E-state index contributed by atoms with van der Waals surface area (Å²) in [5.41, 5.74) is 0.00246. The minimum atomic E-state index is -0.430. The maximum atomic E-state index is 10.9. The van der Waals surface area contributed by atoms with Crippen LogP contribution in [0.5, 0.6) is 0 Å². The molecule has 2 rings (SSSR count). The predicted octanol–water partition coefficient (Wildman–Crippen LogP) is 3.34. The van der Waals surface area contributed by atoms with Gasteiger partial charge in [-0.2, -0.15) is 0 Å². The molecular weight excluding hydrogens is 274 g/mol. The molecular formula is C11H10ClN3O2S. The summed E-state index contributed by atoms with van der Waals surface area (Å²) < 4.78 is 0.703. The van der Waals surface area contributed by atoms with E-state index in [4.69, 9.17) is 11.6 Å². The van der Waals surface area contributed by atoms with E-state index in [1.54, 1.807) is 24.2 Å². The summed E-state index contributed by atoms with van der Waals surface area (Å²) in [4.78, 5) is 17.3. The van der Waals surface area contributed by atoms with Gasteiger partial charge < -0.3 is 4.90 Å². The highest BCUT2D eigenvalue weighted by atomic mass is 35.5. The molecule has 5 nitrogen and oxygen atoms in total. The normalized spacial score (nSPS) is 10.3. The number of halogens is 1. The van der Waals surface area contributed by atoms with Crippen LogP contribution in [0.25, 0.3) is 0 Å². The van der Waals surface area contributed by atoms with Gasteiger partial charge >= 0.3 is 5.69 Å². The second kappa shape index (κ2) is 5.32. The molecule has 94 valence electrons. The predicted molar refractivity (Wildman–Crippen MR) is 72.3 cm³/mol. The van der Waals surface area contributed by atoms with E-state index in [0.717, 1.165) is 4.88 Å². The topological polar surface area (TPSA) is 59.3 Å². The highest BCUT2D eigenvalue weighted by molar-refractivity contribution is 7.16. The van der Waals surface area contributed by atoms with Gasteiger partial charge in [0.05, 0.1) is 15.8 Å². The van der Waals surface area contributed by atoms with Crippen molar-refractivity contribution in [1.82, 2.24) is 4.98 Å². The van der Waals surface area contributed by atoms with E-state index in [9.17, 15) is 10.1 Å². The van der Waals surface area contributed by atoms with Crippen molar-refractivity contribution in [2.45, 2.75) is 6.54 Å². The van der Waals surface area contributed by atoms with E-state index in [-0.39, 0.29) is 5.69 Å². The van der Waals surface area contributed by atoms with Gasteiger partial charge in [-0.15, -0.1) is 11.3 Å². The Morgan fingerprint density at radius 2 is 2.28 bits per heavy atom. The van der Waals surface area contributed by atoms with Crippen LogP contribution in [0.2, 0.25) is 4.34 Å². The largest absolute Gasteiger partial charge is 0.349 e. The van der Waals surface area contributed by atoms with Crippen LogP contribution in [0.15, 0.2) is 30.5 Å². The Morgan fingerprint density at radius 3 is 2.89 bits per heavy atom. The Labute approximate surface area is 113 Å². The SMILES string of the molecule is CN(Cc1ccc(Cl)s1)c1ncccc1[N+](=O)[O-]. The second-order valence-electron chi connectivity index (χ2n) is 3.67. The minimum absolute atomic E-state index is 0.00246. The molecule has 0 saturated carbocycles. The number of pyridine rings is 1. The zero-order valence-electron chi connectivity index (χ0n) is 9.54. The summed E-state index contributed by atoms with van der Waals surface area (Å²) in [5, 5.41) is 10.9. The average molecular weight is 284 g/mol. The fourth-order valence-electron chi connectivity index (χ4n) is 1.57. The first-order valence-corrected chi connectivity index (χ1v) is 6.32. The molecule has 0 aliphatic rings. The van der Waals surface area contributed by atoms with Gasteiger partial charge in [0.2, 0.25) is 5.82 Å². The number of thiophene rings is 1. The van der Waals surface area contributed by atoms with Crippen molar-refractivity contribution in [1.29, 1.82) is 0 Å². The highest BCUT2D eigenvalue weighted by Crippen LogP contribution is 2.27. The van der Waals surface area contributed by atoms with Crippen LogP contribution >= 0.6 is 22.9 Å². The van der Waals surface area contributed by atoms with Crippen molar-refractivity contribution < 1.29 is 4.92 Å². The minimum Gasteiger partial charge on any atom is -0.349 e. The number of hydrogen-bond acceptors (Lipinski definition) is 5. The third-order valence-electron chi connectivity index (χ3n) is 2.35. The summed E-state index contributed by atoms with van der Waals surface area (Å²) in [6, 6.07) is 6.71. The van der Waals surface area contributed by atoms with Crippen LogP contribution in [-0.4, -0.2) is 17.0 Å². The van der Waals surface area contributed by atoms with E-state index in [2.05, 4.69) is 4.98 Å². The van der Waals surface area contributed by atoms with Crippen LogP contribution in [0, 0.1) is 10.1 Å². The molecule has 0 amide bonds. The average Bonchev–Trinajstić information content (AvgIpc) is 2.74. The fourth-order valence-corrected chi connectivity index (χ4v) is 2.71. The molecule has 0 bridgehead atoms.